The second-order valence-electron chi connectivity index (χ2n) is 21.3. The number of carbonyl (C=O) groups is 4. The first-order valence-electron chi connectivity index (χ1n) is 28.7. The maximum Gasteiger partial charge on any atom is 0.312 e. The molecule has 0 unspecified atom stereocenters. The molecule has 0 radical (unpaired) electrons. The van der Waals surface area contributed by atoms with Gasteiger partial charge in [-0.2, -0.15) is 0 Å². The van der Waals surface area contributed by atoms with Crippen molar-refractivity contribution < 1.29 is 61.8 Å². The van der Waals surface area contributed by atoms with E-state index in [4.69, 9.17) is 48.4 Å². The number of piperidine rings is 1. The number of benzene rings is 1. The van der Waals surface area contributed by atoms with E-state index in [1.807, 2.05) is 46.0 Å². The van der Waals surface area contributed by atoms with Crippen LogP contribution in [-0.4, -0.2) is 199 Å². The summed E-state index contributed by atoms with van der Waals surface area (Å²) in [7, 11) is 0. The van der Waals surface area contributed by atoms with E-state index >= 15 is 0 Å². The smallest absolute Gasteiger partial charge is 0.312 e. The second kappa shape index (κ2) is 42.4. The zero-order valence-electron chi connectivity index (χ0n) is 48.9. The van der Waals surface area contributed by atoms with E-state index in [0.717, 1.165) is 63.0 Å². The molecule has 1 saturated heterocycles. The topological polar surface area (TPSA) is 271 Å². The highest BCUT2D eigenvalue weighted by molar-refractivity contribution is 5.98. The predicted octanol–water partition coefficient (Wildman–Crippen LogP) is 4.21. The van der Waals surface area contributed by atoms with Crippen molar-refractivity contribution in [1.29, 1.82) is 0 Å². The molecule has 7 N–H and O–H groups in total. The number of anilines is 1. The van der Waals surface area contributed by atoms with Gasteiger partial charge in [0.1, 0.15) is 12.1 Å². The first-order valence-corrected chi connectivity index (χ1v) is 28.7. The van der Waals surface area contributed by atoms with Gasteiger partial charge in [-0.05, 0) is 122 Å². The first kappa shape index (κ1) is 68.9. The Balaban J connectivity index is 1.09. The van der Waals surface area contributed by atoms with E-state index in [2.05, 4.69) is 62.6 Å². The van der Waals surface area contributed by atoms with Crippen LogP contribution in [0.1, 0.15) is 111 Å². The van der Waals surface area contributed by atoms with E-state index in [-0.39, 0.29) is 36.4 Å². The SMILES string of the molecule is CC(C)OCc1ccc(NC(=O)[C@H](CCCNC(N)=O)NC(=O)[C@@H](NC(=O)CCCC2CCN(CCCOCCOCCOCCOCCOCCOCCOCCOCCn3cc(CNC(C)(C)C)nn3)CC2)C(C)C)cc1. The molecule has 5 amide bonds. The van der Waals surface area contributed by atoms with Gasteiger partial charge in [-0.3, -0.25) is 14.4 Å². The van der Waals surface area contributed by atoms with Crippen LogP contribution < -0.4 is 32.3 Å². The molecule has 452 valence electrons. The summed E-state index contributed by atoms with van der Waals surface area (Å²) < 4.78 is 52.3. The molecule has 23 nitrogen and oxygen atoms in total. The summed E-state index contributed by atoms with van der Waals surface area (Å²) in [6.45, 7) is 27.3. The van der Waals surface area contributed by atoms with Gasteiger partial charge in [0.25, 0.3) is 0 Å². The number of rotatable bonds is 47. The van der Waals surface area contributed by atoms with Gasteiger partial charge < -0.3 is 79.8 Å². The number of primary amides is 1. The van der Waals surface area contributed by atoms with E-state index in [1.165, 1.54) is 0 Å². The van der Waals surface area contributed by atoms with E-state index in [0.29, 0.717) is 150 Å². The van der Waals surface area contributed by atoms with Crippen molar-refractivity contribution >= 4 is 29.4 Å². The maximum absolute atomic E-state index is 13.6. The summed E-state index contributed by atoms with van der Waals surface area (Å²) in [5.74, 6) is -0.701. The van der Waals surface area contributed by atoms with Gasteiger partial charge in [-0.15, -0.1) is 5.10 Å². The van der Waals surface area contributed by atoms with Crippen LogP contribution in [0, 0.1) is 11.8 Å². The van der Waals surface area contributed by atoms with Gasteiger partial charge >= 0.3 is 6.03 Å². The van der Waals surface area contributed by atoms with E-state index in [9.17, 15) is 19.2 Å². The molecule has 1 fully saturated rings. The minimum absolute atomic E-state index is 0.0332. The summed E-state index contributed by atoms with van der Waals surface area (Å²) in [6, 6.07) is 4.91. The highest BCUT2D eigenvalue weighted by Gasteiger charge is 2.29. The van der Waals surface area contributed by atoms with Crippen LogP contribution in [0.25, 0.3) is 0 Å². The molecule has 2 heterocycles. The second-order valence-corrected chi connectivity index (χ2v) is 21.3. The highest BCUT2D eigenvalue weighted by atomic mass is 16.6. The minimum Gasteiger partial charge on any atom is -0.379 e. The third-order valence-corrected chi connectivity index (χ3v) is 12.6. The fraction of sp³-hybridized carbons (Fsp3) is 0.786. The molecule has 0 spiro atoms. The fourth-order valence-corrected chi connectivity index (χ4v) is 8.13. The number of amides is 5. The Bertz CT molecular complexity index is 1900. The third kappa shape index (κ3) is 35.8. The van der Waals surface area contributed by atoms with Gasteiger partial charge in [0.05, 0.1) is 124 Å². The molecule has 2 atom stereocenters. The molecule has 0 aliphatic carbocycles. The Morgan fingerprint density at radius 1 is 0.684 bits per heavy atom. The van der Waals surface area contributed by atoms with Crippen molar-refractivity contribution in [2.75, 3.05) is 137 Å². The zero-order valence-corrected chi connectivity index (χ0v) is 48.9. The average molecular weight is 1120 g/mol. The lowest BCUT2D eigenvalue weighted by Crippen LogP contribution is -2.54. The molecule has 79 heavy (non-hydrogen) atoms. The van der Waals surface area contributed by atoms with Gasteiger partial charge in [0, 0.05) is 50.1 Å². The van der Waals surface area contributed by atoms with Crippen LogP contribution in [-0.2, 0) is 76.7 Å². The average Bonchev–Trinajstić information content (AvgIpc) is 3.87. The van der Waals surface area contributed by atoms with Crippen LogP contribution in [0.5, 0.6) is 0 Å². The fourth-order valence-electron chi connectivity index (χ4n) is 8.13. The van der Waals surface area contributed by atoms with Crippen molar-refractivity contribution in [3.8, 4) is 0 Å². The molecule has 1 aliphatic rings. The Kier molecular flexibility index (Phi) is 37.0. The standard InChI is InChI=1S/C56H100N10O13/c1-44(2)52(54(69)61-50(12-9-20-58-55(57)70)53(68)60-48-16-14-47(15-17-48)43-79-45(3)4)62-51(67)13-8-11-46-18-22-65(23-19-46)21-10-25-71-27-29-73-31-33-75-35-37-77-39-40-78-38-36-76-34-32-74-30-28-72-26-24-66-42-49(63-64-66)41-59-56(5,6)7/h14-17,42,44-46,50,52,59H,8-13,18-41,43H2,1-7H3,(H,60,68)(H,61,69)(H,62,67)(H3,57,58,70)/t50-,52-/m0/s1. The molecule has 2 aromatic rings. The number of nitrogens with one attached hydrogen (secondary N) is 5. The molecule has 1 aliphatic heterocycles. The van der Waals surface area contributed by atoms with E-state index < -0.39 is 29.9 Å². The van der Waals surface area contributed by atoms with Crippen LogP contribution in [0.2, 0.25) is 0 Å². The van der Waals surface area contributed by atoms with E-state index in [1.54, 1.807) is 16.8 Å². The Morgan fingerprint density at radius 2 is 1.23 bits per heavy atom. The van der Waals surface area contributed by atoms with Crippen molar-refractivity contribution in [2.24, 2.45) is 17.6 Å². The summed E-state index contributed by atoms with van der Waals surface area (Å²) in [5.41, 5.74) is 7.69. The number of urea groups is 1. The van der Waals surface area contributed by atoms with Gasteiger partial charge in [-0.25, -0.2) is 9.48 Å². The Labute approximate surface area is 470 Å². The minimum atomic E-state index is -0.911. The molecule has 1 aromatic carbocycles. The number of aromatic nitrogens is 3. The molecular formula is C56H100N10O13. The molecule has 0 bridgehead atoms. The number of nitrogens with two attached hydrogens (primary N) is 1. The summed E-state index contributed by atoms with van der Waals surface area (Å²) in [6.07, 6.45) is 7.80. The third-order valence-electron chi connectivity index (χ3n) is 12.6. The normalized spacial score (nSPS) is 14.2. The predicted molar refractivity (Wildman–Crippen MR) is 301 cm³/mol. The lowest BCUT2D eigenvalue weighted by molar-refractivity contribution is -0.132. The molecule has 3 rings (SSSR count). The number of carbonyl (C=O) groups excluding carboxylic acids is 4. The van der Waals surface area contributed by atoms with Gasteiger partial charge in [0.15, 0.2) is 0 Å². The van der Waals surface area contributed by atoms with Gasteiger partial charge in [0.2, 0.25) is 17.7 Å². The number of nitrogens with zero attached hydrogens (tertiary/aromatic N) is 4. The monoisotopic (exact) mass is 1120 g/mol. The van der Waals surface area contributed by atoms with Crippen LogP contribution in [0.4, 0.5) is 10.5 Å². The van der Waals surface area contributed by atoms with Crippen LogP contribution in [0.15, 0.2) is 30.5 Å². The molecule has 1 aromatic heterocycles. The van der Waals surface area contributed by atoms with Crippen LogP contribution in [0.3, 0.4) is 0 Å². The quantitative estimate of drug-likeness (QED) is 0.0507. The maximum atomic E-state index is 13.6. The first-order chi connectivity index (χ1) is 38.1. The number of hydrogen-bond acceptors (Lipinski definition) is 17. The number of ether oxygens (including phenoxy) is 9. The number of likely N-dealkylation sites (tertiary alicyclic amines) is 1. The lowest BCUT2D eigenvalue weighted by Gasteiger charge is -2.32. The number of hydrogen-bond donors (Lipinski definition) is 6. The molecule has 23 heteroatoms. The summed E-state index contributed by atoms with van der Waals surface area (Å²) >= 11 is 0. The Morgan fingerprint density at radius 3 is 1.75 bits per heavy atom. The largest absolute Gasteiger partial charge is 0.379 e. The zero-order chi connectivity index (χ0) is 57.4. The summed E-state index contributed by atoms with van der Waals surface area (Å²) in [5, 5.41) is 22.9. The Hall–Kier alpha value is -4.40. The van der Waals surface area contributed by atoms with Crippen molar-refractivity contribution in [3.05, 3.63) is 41.7 Å². The molecule has 0 saturated carbocycles. The van der Waals surface area contributed by atoms with Crippen molar-refractivity contribution in [1.82, 2.24) is 41.2 Å². The lowest BCUT2D eigenvalue weighted by atomic mass is 9.91. The van der Waals surface area contributed by atoms with Gasteiger partial charge in [-0.1, -0.05) is 31.2 Å². The van der Waals surface area contributed by atoms with Crippen molar-refractivity contribution in [2.45, 2.75) is 143 Å². The highest BCUT2D eigenvalue weighted by Crippen LogP contribution is 2.23. The summed E-state index contributed by atoms with van der Waals surface area (Å²) in [4.78, 5) is 53.9. The van der Waals surface area contributed by atoms with Crippen LogP contribution >= 0.6 is 0 Å². The van der Waals surface area contributed by atoms with Crippen molar-refractivity contribution in [3.63, 3.8) is 0 Å². The molecular weight excluding hydrogens is 1020 g/mol.